The Balaban J connectivity index is 1.65. The van der Waals surface area contributed by atoms with Gasteiger partial charge >= 0.3 is 0 Å². The van der Waals surface area contributed by atoms with E-state index >= 15 is 0 Å². The molecule has 0 aliphatic heterocycles. The van der Waals surface area contributed by atoms with Gasteiger partial charge < -0.3 is 4.42 Å². The van der Waals surface area contributed by atoms with Crippen LogP contribution in [-0.2, 0) is 0 Å². The van der Waals surface area contributed by atoms with E-state index in [0.29, 0.717) is 11.1 Å². The molecule has 5 nitrogen and oxygen atoms in total. The zero-order chi connectivity index (χ0) is 17.9. The number of allylic oxidation sites excluding steroid dienone is 1. The molecule has 5 heteroatoms. The molecule has 26 heavy (non-hydrogen) atoms. The smallest absolute Gasteiger partial charge is 0.238 e. The molecular weight excluding hydrogens is 326 g/mol. The van der Waals surface area contributed by atoms with E-state index in [4.69, 9.17) is 4.42 Å². The van der Waals surface area contributed by atoms with Gasteiger partial charge in [-0.05, 0) is 30.3 Å². The van der Waals surface area contributed by atoms with Crippen molar-refractivity contribution in [3.05, 3.63) is 90.0 Å². The molecule has 0 saturated heterocycles. The molecule has 0 bridgehead atoms. The second-order valence-electron chi connectivity index (χ2n) is 5.70. The Hall–Kier alpha value is -3.91. The number of benzene rings is 2. The molecule has 0 radical (unpaired) electrons. The Morgan fingerprint density at radius 1 is 1.12 bits per heavy atom. The molecule has 0 fully saturated rings. The fraction of sp³-hybridized carbons (Fsp3) is 0. The summed E-state index contributed by atoms with van der Waals surface area (Å²) in [6, 6.07) is 20.5. The van der Waals surface area contributed by atoms with Crippen LogP contribution in [0, 0.1) is 11.3 Å². The van der Waals surface area contributed by atoms with Gasteiger partial charge in [0.15, 0.2) is 5.76 Å². The van der Waals surface area contributed by atoms with Crippen molar-refractivity contribution in [2.75, 3.05) is 0 Å². The van der Waals surface area contributed by atoms with Crippen molar-refractivity contribution in [3.63, 3.8) is 0 Å². The molecule has 2 aromatic carbocycles. The predicted octanol–water partition coefficient (Wildman–Crippen LogP) is 4.41. The van der Waals surface area contributed by atoms with Crippen molar-refractivity contribution < 1.29 is 9.21 Å². The number of fused-ring (bicyclic) bond motifs is 1. The van der Waals surface area contributed by atoms with Crippen LogP contribution in [-0.4, -0.2) is 15.6 Å². The highest BCUT2D eigenvalue weighted by molar-refractivity contribution is 6.13. The summed E-state index contributed by atoms with van der Waals surface area (Å²) in [4.78, 5) is 12.6. The minimum absolute atomic E-state index is 0.00309. The largest absolute Gasteiger partial charge is 0.453 e. The second-order valence-corrected chi connectivity index (χ2v) is 5.70. The molecule has 0 aliphatic carbocycles. The van der Waals surface area contributed by atoms with Crippen molar-refractivity contribution in [2.24, 2.45) is 0 Å². The number of aromatic nitrogens is 2. The lowest BCUT2D eigenvalue weighted by molar-refractivity contribution is 0.101. The van der Waals surface area contributed by atoms with E-state index in [1.54, 1.807) is 29.2 Å². The van der Waals surface area contributed by atoms with Crippen LogP contribution in [0.1, 0.15) is 16.1 Å². The van der Waals surface area contributed by atoms with Crippen molar-refractivity contribution in [1.29, 1.82) is 5.26 Å². The maximum absolute atomic E-state index is 12.6. The van der Waals surface area contributed by atoms with Gasteiger partial charge in [0.2, 0.25) is 5.78 Å². The van der Waals surface area contributed by atoms with Gasteiger partial charge in [0.1, 0.15) is 17.2 Å². The molecule has 0 aliphatic rings. The number of hydrogen-bond donors (Lipinski definition) is 0. The van der Waals surface area contributed by atoms with Gasteiger partial charge in [-0.1, -0.05) is 36.4 Å². The lowest BCUT2D eigenvalue weighted by Gasteiger charge is -1.98. The van der Waals surface area contributed by atoms with E-state index in [1.165, 1.54) is 6.08 Å². The normalized spacial score (nSPS) is 11.4. The van der Waals surface area contributed by atoms with Crippen LogP contribution >= 0.6 is 0 Å². The summed E-state index contributed by atoms with van der Waals surface area (Å²) in [5.41, 5.74) is 2.17. The number of furan rings is 1. The molecule has 124 valence electrons. The Morgan fingerprint density at radius 3 is 2.65 bits per heavy atom. The first-order valence-electron chi connectivity index (χ1n) is 8.00. The van der Waals surface area contributed by atoms with Crippen LogP contribution in [0.25, 0.3) is 22.7 Å². The summed E-state index contributed by atoms with van der Waals surface area (Å²) in [7, 11) is 0. The fourth-order valence-corrected chi connectivity index (χ4v) is 2.67. The lowest BCUT2D eigenvalue weighted by atomic mass is 10.1. The summed E-state index contributed by atoms with van der Waals surface area (Å²) in [5, 5.41) is 14.5. The first-order chi connectivity index (χ1) is 12.7. The van der Waals surface area contributed by atoms with Crippen LogP contribution < -0.4 is 0 Å². The molecule has 4 rings (SSSR count). The van der Waals surface area contributed by atoms with Gasteiger partial charge in [0.05, 0.1) is 11.9 Å². The summed E-state index contributed by atoms with van der Waals surface area (Å²) >= 11 is 0. The summed E-state index contributed by atoms with van der Waals surface area (Å²) in [6.07, 6.45) is 4.89. The Kier molecular flexibility index (Phi) is 3.92. The Labute approximate surface area is 149 Å². The van der Waals surface area contributed by atoms with Crippen molar-refractivity contribution in [3.8, 4) is 11.8 Å². The second kappa shape index (κ2) is 6.54. The van der Waals surface area contributed by atoms with E-state index in [-0.39, 0.29) is 11.3 Å². The summed E-state index contributed by atoms with van der Waals surface area (Å²) < 4.78 is 7.25. The van der Waals surface area contributed by atoms with Gasteiger partial charge in [0.25, 0.3) is 0 Å². The van der Waals surface area contributed by atoms with E-state index in [9.17, 15) is 10.1 Å². The quantitative estimate of drug-likeness (QED) is 0.314. The maximum Gasteiger partial charge on any atom is 0.238 e. The number of Topliss-reactive ketones (excluding diaryl/α,β-unsaturated/α-hetero) is 1. The van der Waals surface area contributed by atoms with E-state index in [0.717, 1.165) is 11.1 Å². The summed E-state index contributed by atoms with van der Waals surface area (Å²) in [6.45, 7) is 0. The third-order valence-corrected chi connectivity index (χ3v) is 3.95. The zero-order valence-corrected chi connectivity index (χ0v) is 13.7. The van der Waals surface area contributed by atoms with Crippen molar-refractivity contribution in [2.45, 2.75) is 0 Å². The fourth-order valence-electron chi connectivity index (χ4n) is 2.67. The zero-order valence-electron chi connectivity index (χ0n) is 13.7. The van der Waals surface area contributed by atoms with Crippen LogP contribution in [0.4, 0.5) is 0 Å². The standard InChI is InChI=1S/C21H13N3O2/c22-12-17(21(25)20-11-16-6-4-5-9-19(16)26-20)10-15-13-23-24(14-15)18-7-2-1-3-8-18/h1-11,13-14H/b17-10+. The third kappa shape index (κ3) is 2.92. The predicted molar refractivity (Wildman–Crippen MR) is 97.7 cm³/mol. The average Bonchev–Trinajstić information content (AvgIpc) is 3.33. The maximum atomic E-state index is 12.6. The van der Waals surface area contributed by atoms with Crippen LogP contribution in [0.2, 0.25) is 0 Å². The molecule has 0 amide bonds. The highest BCUT2D eigenvalue weighted by Gasteiger charge is 2.17. The number of ketones is 1. The van der Waals surface area contributed by atoms with Crippen molar-refractivity contribution in [1.82, 2.24) is 9.78 Å². The number of rotatable bonds is 4. The molecule has 0 atom stereocenters. The van der Waals surface area contributed by atoms with Crippen LogP contribution in [0.15, 0.2) is 83.0 Å². The number of nitrogens with zero attached hydrogens (tertiary/aromatic N) is 3. The molecule has 0 N–H and O–H groups in total. The topological polar surface area (TPSA) is 71.8 Å². The van der Waals surface area contributed by atoms with Gasteiger partial charge in [-0.15, -0.1) is 0 Å². The van der Waals surface area contributed by atoms with E-state index < -0.39 is 5.78 Å². The minimum atomic E-state index is -0.448. The minimum Gasteiger partial charge on any atom is -0.453 e. The molecule has 0 spiro atoms. The first kappa shape index (κ1) is 15.6. The number of carbonyl (C=O) groups is 1. The molecule has 4 aromatic rings. The Morgan fingerprint density at radius 2 is 1.88 bits per heavy atom. The number of para-hydroxylation sites is 2. The highest BCUT2D eigenvalue weighted by atomic mass is 16.3. The first-order valence-corrected chi connectivity index (χ1v) is 8.00. The van der Waals surface area contributed by atoms with Crippen LogP contribution in [0.5, 0.6) is 0 Å². The van der Waals surface area contributed by atoms with Crippen molar-refractivity contribution >= 4 is 22.8 Å². The number of nitriles is 1. The SMILES string of the molecule is N#C/C(=C\c1cnn(-c2ccccc2)c1)C(=O)c1cc2ccccc2o1. The lowest BCUT2D eigenvalue weighted by Crippen LogP contribution is -1.99. The Bertz CT molecular complexity index is 1130. The van der Waals surface area contributed by atoms with Gasteiger partial charge in [0, 0.05) is 17.1 Å². The monoisotopic (exact) mass is 339 g/mol. The summed E-state index contributed by atoms with van der Waals surface area (Å²) in [5.74, 6) is -0.300. The highest BCUT2D eigenvalue weighted by Crippen LogP contribution is 2.22. The number of hydrogen-bond acceptors (Lipinski definition) is 4. The molecule has 2 aromatic heterocycles. The third-order valence-electron chi connectivity index (χ3n) is 3.95. The molecule has 0 unspecified atom stereocenters. The molecular formula is C21H13N3O2. The van der Waals surface area contributed by atoms with E-state index in [2.05, 4.69) is 5.10 Å². The average molecular weight is 339 g/mol. The van der Waals surface area contributed by atoms with E-state index in [1.807, 2.05) is 54.6 Å². The van der Waals surface area contributed by atoms with Gasteiger partial charge in [-0.25, -0.2) is 4.68 Å². The van der Waals surface area contributed by atoms with Gasteiger partial charge in [-0.3, -0.25) is 4.79 Å². The molecule has 0 saturated carbocycles. The molecule has 2 heterocycles. The van der Waals surface area contributed by atoms with Gasteiger partial charge in [-0.2, -0.15) is 10.4 Å². The number of carbonyl (C=O) groups excluding carboxylic acids is 1. The van der Waals surface area contributed by atoms with Crippen LogP contribution in [0.3, 0.4) is 0 Å².